The molecule has 1 aromatic rings. The van der Waals surface area contributed by atoms with E-state index in [-0.39, 0.29) is 37.1 Å². The maximum Gasteiger partial charge on any atom is 0.325 e. The van der Waals surface area contributed by atoms with Gasteiger partial charge in [0.05, 0.1) is 12.6 Å². The molecule has 1 aliphatic heterocycles. The highest BCUT2D eigenvalue weighted by atomic mass is 32.2. The minimum Gasteiger partial charge on any atom is -0.465 e. The lowest BCUT2D eigenvalue weighted by Crippen LogP contribution is -2.34. The van der Waals surface area contributed by atoms with Crippen LogP contribution in [0.3, 0.4) is 0 Å². The summed E-state index contributed by atoms with van der Waals surface area (Å²) in [5, 5.41) is 3.13. The number of rotatable bonds is 5. The molecule has 1 unspecified atom stereocenters. The van der Waals surface area contributed by atoms with Gasteiger partial charge >= 0.3 is 5.97 Å². The fraction of sp³-hybridized carbons (Fsp3) is 0.538. The van der Waals surface area contributed by atoms with Crippen LogP contribution >= 0.6 is 11.8 Å². The summed E-state index contributed by atoms with van der Waals surface area (Å²) in [5.74, 6) is -0.130. The lowest BCUT2D eigenvalue weighted by atomic mass is 10.2. The molecule has 2 heterocycles. The maximum atomic E-state index is 12.1. The molecule has 0 fully saturated rings. The molecule has 0 aliphatic carbocycles. The van der Waals surface area contributed by atoms with E-state index < -0.39 is 5.97 Å². The van der Waals surface area contributed by atoms with Crippen molar-refractivity contribution in [1.29, 1.82) is 0 Å². The molecule has 1 N–H and O–H groups in total. The zero-order valence-corrected chi connectivity index (χ0v) is 12.7. The number of aromatic nitrogens is 2. The van der Waals surface area contributed by atoms with Crippen LogP contribution in [0.25, 0.3) is 0 Å². The second-order valence-electron chi connectivity index (χ2n) is 4.65. The number of hydrogen-bond acceptors (Lipinski definition) is 6. The fourth-order valence-electron chi connectivity index (χ4n) is 2.04. The van der Waals surface area contributed by atoms with E-state index in [1.807, 2.05) is 0 Å². The molecule has 2 rings (SSSR count). The van der Waals surface area contributed by atoms with Crippen LogP contribution in [0.15, 0.2) is 16.1 Å². The molecule has 7 nitrogen and oxygen atoms in total. The topological polar surface area (TPSA) is 90.3 Å². The van der Waals surface area contributed by atoms with Crippen LogP contribution in [0, 0.1) is 6.92 Å². The third kappa shape index (κ3) is 3.63. The van der Waals surface area contributed by atoms with Crippen molar-refractivity contribution in [2.45, 2.75) is 31.5 Å². The number of ether oxygens (including phenoxy) is 1. The van der Waals surface area contributed by atoms with Crippen molar-refractivity contribution in [3.63, 3.8) is 0 Å². The average Bonchev–Trinajstić information content (AvgIpc) is 2.85. The van der Waals surface area contributed by atoms with E-state index in [0.717, 1.165) is 0 Å². The number of fused-ring (bicyclic) bond motifs is 1. The van der Waals surface area contributed by atoms with E-state index in [4.69, 9.17) is 4.74 Å². The van der Waals surface area contributed by atoms with E-state index >= 15 is 0 Å². The predicted molar refractivity (Wildman–Crippen MR) is 77.3 cm³/mol. The summed E-state index contributed by atoms with van der Waals surface area (Å²) in [5.41, 5.74) is 0.436. The molecule has 21 heavy (non-hydrogen) atoms. The maximum absolute atomic E-state index is 12.1. The Morgan fingerprint density at radius 2 is 2.33 bits per heavy atom. The summed E-state index contributed by atoms with van der Waals surface area (Å²) < 4.78 is 6.29. The number of thioether (sulfide) groups is 1. The smallest absolute Gasteiger partial charge is 0.325 e. The highest BCUT2D eigenvalue weighted by Gasteiger charge is 2.27. The summed E-state index contributed by atoms with van der Waals surface area (Å²) in [6.07, 6.45) is 1.69. The highest BCUT2D eigenvalue weighted by molar-refractivity contribution is 7.99. The monoisotopic (exact) mass is 311 g/mol. The Bertz CT molecular complexity index is 614. The summed E-state index contributed by atoms with van der Waals surface area (Å²) in [7, 11) is 0. The number of aryl methyl sites for hydroxylation is 1. The second kappa shape index (κ2) is 6.75. The van der Waals surface area contributed by atoms with Gasteiger partial charge in [0, 0.05) is 23.9 Å². The average molecular weight is 311 g/mol. The Morgan fingerprint density at radius 1 is 1.57 bits per heavy atom. The molecule has 0 radical (unpaired) electrons. The predicted octanol–water partition coefficient (Wildman–Crippen LogP) is 0.268. The Labute approximate surface area is 126 Å². The molecular formula is C13H17N3O4S. The van der Waals surface area contributed by atoms with Crippen LogP contribution in [0.2, 0.25) is 0 Å². The van der Waals surface area contributed by atoms with Crippen molar-refractivity contribution in [1.82, 2.24) is 14.9 Å². The fourth-order valence-corrected chi connectivity index (χ4v) is 3.15. The number of nitrogens with zero attached hydrogens (tertiary/aromatic N) is 2. The molecule has 0 saturated carbocycles. The molecule has 1 amide bonds. The van der Waals surface area contributed by atoms with Crippen LogP contribution in [0.5, 0.6) is 0 Å². The van der Waals surface area contributed by atoms with Gasteiger partial charge in [0.25, 0.3) is 5.56 Å². The first-order chi connectivity index (χ1) is 10.0. The summed E-state index contributed by atoms with van der Waals surface area (Å²) in [6, 6.07) is -0.230. The van der Waals surface area contributed by atoms with Crippen molar-refractivity contribution >= 4 is 23.6 Å². The van der Waals surface area contributed by atoms with Crippen molar-refractivity contribution in [2.24, 2.45) is 0 Å². The summed E-state index contributed by atoms with van der Waals surface area (Å²) >= 11 is 1.45. The third-order valence-electron chi connectivity index (χ3n) is 3.06. The van der Waals surface area contributed by atoms with Gasteiger partial charge in [-0.2, -0.15) is 0 Å². The number of nitrogens with one attached hydrogen (secondary N) is 1. The lowest BCUT2D eigenvalue weighted by Gasteiger charge is -2.13. The zero-order valence-electron chi connectivity index (χ0n) is 11.9. The molecule has 0 aromatic carbocycles. The van der Waals surface area contributed by atoms with Gasteiger partial charge in [0.15, 0.2) is 5.16 Å². The second-order valence-corrected chi connectivity index (χ2v) is 5.64. The van der Waals surface area contributed by atoms with Crippen molar-refractivity contribution in [3.05, 3.63) is 22.1 Å². The number of esters is 1. The molecule has 0 saturated heterocycles. The Balaban J connectivity index is 1.97. The first-order valence-corrected chi connectivity index (χ1v) is 7.64. The SMILES string of the molecule is CCOC(=O)CNC(=O)CC1CSc2ncc(C)c(=O)n21. The largest absolute Gasteiger partial charge is 0.465 e. The lowest BCUT2D eigenvalue weighted by molar-refractivity contribution is -0.143. The molecule has 1 aliphatic rings. The third-order valence-corrected chi connectivity index (χ3v) is 4.17. The van der Waals surface area contributed by atoms with Gasteiger partial charge in [-0.1, -0.05) is 11.8 Å². The summed E-state index contributed by atoms with van der Waals surface area (Å²) in [6.45, 7) is 3.53. The molecule has 114 valence electrons. The highest BCUT2D eigenvalue weighted by Crippen LogP contribution is 2.31. The van der Waals surface area contributed by atoms with Crippen LogP contribution < -0.4 is 10.9 Å². The molecule has 1 atom stereocenters. The van der Waals surface area contributed by atoms with Crippen LogP contribution in [-0.4, -0.2) is 40.3 Å². The van der Waals surface area contributed by atoms with Crippen molar-refractivity contribution in [2.75, 3.05) is 18.9 Å². The van der Waals surface area contributed by atoms with Gasteiger partial charge < -0.3 is 10.1 Å². The van der Waals surface area contributed by atoms with Crippen molar-refractivity contribution in [3.8, 4) is 0 Å². The Morgan fingerprint density at radius 3 is 3.05 bits per heavy atom. The molecule has 1 aromatic heterocycles. The van der Waals surface area contributed by atoms with E-state index in [2.05, 4.69) is 10.3 Å². The minimum absolute atomic E-state index is 0.117. The first kappa shape index (κ1) is 15.6. The van der Waals surface area contributed by atoms with Gasteiger partial charge in [0.2, 0.25) is 5.91 Å². The van der Waals surface area contributed by atoms with Gasteiger partial charge in [-0.3, -0.25) is 19.0 Å². The Kier molecular flexibility index (Phi) is 5.00. The standard InChI is InChI=1S/C13H17N3O4S/c1-3-20-11(18)6-14-10(17)4-9-7-21-13-15-5-8(2)12(19)16(9)13/h5,9H,3-4,6-7H2,1-2H3,(H,14,17). The molecule has 0 bridgehead atoms. The summed E-state index contributed by atoms with van der Waals surface area (Å²) in [4.78, 5) is 39.3. The van der Waals surface area contributed by atoms with E-state index in [9.17, 15) is 14.4 Å². The van der Waals surface area contributed by atoms with Gasteiger partial charge in [-0.15, -0.1) is 0 Å². The number of carbonyl (C=O) groups is 2. The molecule has 0 spiro atoms. The van der Waals surface area contributed by atoms with Crippen LogP contribution in [0.4, 0.5) is 0 Å². The van der Waals surface area contributed by atoms with Gasteiger partial charge in [0.1, 0.15) is 6.54 Å². The van der Waals surface area contributed by atoms with E-state index in [1.165, 1.54) is 11.8 Å². The zero-order chi connectivity index (χ0) is 15.4. The van der Waals surface area contributed by atoms with Crippen molar-refractivity contribution < 1.29 is 14.3 Å². The Hall–Kier alpha value is -1.83. The number of amides is 1. The van der Waals surface area contributed by atoms with E-state index in [0.29, 0.717) is 16.5 Å². The van der Waals surface area contributed by atoms with Gasteiger partial charge in [-0.05, 0) is 13.8 Å². The number of hydrogen-bond donors (Lipinski definition) is 1. The van der Waals surface area contributed by atoms with Crippen LogP contribution in [-0.2, 0) is 14.3 Å². The number of carbonyl (C=O) groups excluding carboxylic acids is 2. The van der Waals surface area contributed by atoms with Crippen LogP contribution in [0.1, 0.15) is 24.9 Å². The first-order valence-electron chi connectivity index (χ1n) is 6.66. The minimum atomic E-state index is -0.471. The van der Waals surface area contributed by atoms with Gasteiger partial charge in [-0.25, -0.2) is 4.98 Å². The quantitative estimate of drug-likeness (QED) is 0.620. The molecule has 8 heteroatoms. The normalized spacial score (nSPS) is 16.4. The van der Waals surface area contributed by atoms with E-state index in [1.54, 1.807) is 24.6 Å². The molecular weight excluding hydrogens is 294 g/mol.